The van der Waals surface area contributed by atoms with Gasteiger partial charge in [-0.15, -0.1) is 0 Å². The molecule has 0 fully saturated rings. The number of hydrogen-bond donors (Lipinski definition) is 0. The Morgan fingerprint density at radius 1 is 0.952 bits per heavy atom. The summed E-state index contributed by atoms with van der Waals surface area (Å²) >= 11 is 6.36. The molecule has 2 aromatic rings. The Kier molecular flexibility index (Phi) is 5.43. The molecular weight excluding hydrogens is 292 g/mol. The highest BCUT2D eigenvalue weighted by atomic mass is 35.6. The Labute approximate surface area is 134 Å². The van der Waals surface area contributed by atoms with Crippen LogP contribution in [0.3, 0.4) is 0 Å². The average molecular weight is 315 g/mol. The van der Waals surface area contributed by atoms with Crippen LogP contribution in [0.4, 0.5) is 0 Å². The van der Waals surface area contributed by atoms with Gasteiger partial charge < -0.3 is 0 Å². The molecule has 0 saturated carbocycles. The first kappa shape index (κ1) is 16.1. The first-order valence-electron chi connectivity index (χ1n) is 7.48. The van der Waals surface area contributed by atoms with Gasteiger partial charge in [-0.2, -0.15) is 11.1 Å². The van der Waals surface area contributed by atoms with E-state index in [1.54, 1.807) is 0 Å². The van der Waals surface area contributed by atoms with E-state index in [9.17, 15) is 0 Å². The largest absolute Gasteiger partial charge is 0.168 e. The third-order valence-electron chi connectivity index (χ3n) is 3.66. The second kappa shape index (κ2) is 7.10. The van der Waals surface area contributed by atoms with Crippen molar-refractivity contribution in [3.63, 3.8) is 0 Å². The van der Waals surface area contributed by atoms with Crippen LogP contribution in [0, 0.1) is 0 Å². The molecule has 0 heterocycles. The van der Waals surface area contributed by atoms with Crippen molar-refractivity contribution in [2.24, 2.45) is 0 Å². The lowest BCUT2D eigenvalue weighted by molar-refractivity contribution is 0.907. The highest BCUT2D eigenvalue weighted by Crippen LogP contribution is 2.23. The number of aryl methyl sites for hydroxylation is 1. The molecule has 0 spiro atoms. The van der Waals surface area contributed by atoms with Gasteiger partial charge in [-0.25, -0.2) is 0 Å². The van der Waals surface area contributed by atoms with Crippen molar-refractivity contribution in [1.82, 2.24) is 0 Å². The summed E-state index contributed by atoms with van der Waals surface area (Å²) in [4.78, 5) is 0. The minimum atomic E-state index is -1.43. The van der Waals surface area contributed by atoms with E-state index in [0.717, 1.165) is 12.0 Å². The molecule has 0 N–H and O–H groups in total. The van der Waals surface area contributed by atoms with E-state index in [-0.39, 0.29) is 0 Å². The molecule has 0 unspecified atom stereocenters. The van der Waals surface area contributed by atoms with Gasteiger partial charge in [0.1, 0.15) is 0 Å². The lowest BCUT2D eigenvalue weighted by Gasteiger charge is -2.12. The van der Waals surface area contributed by atoms with Crippen molar-refractivity contribution in [2.75, 3.05) is 0 Å². The third kappa shape index (κ3) is 5.18. The summed E-state index contributed by atoms with van der Waals surface area (Å²) in [6.07, 6.45) is 2.29. The molecule has 0 amide bonds. The molecule has 0 aromatic heterocycles. The lowest BCUT2D eigenvalue weighted by atomic mass is 9.98. The van der Waals surface area contributed by atoms with Crippen molar-refractivity contribution in [3.8, 4) is 0 Å². The van der Waals surface area contributed by atoms with Crippen LogP contribution in [0.25, 0.3) is 5.57 Å². The molecule has 0 aliphatic carbocycles. The van der Waals surface area contributed by atoms with Crippen molar-refractivity contribution < 1.29 is 0 Å². The normalized spacial score (nSPS) is 11.4. The fourth-order valence-corrected chi connectivity index (χ4v) is 3.81. The van der Waals surface area contributed by atoms with Crippen LogP contribution in [0.15, 0.2) is 61.2 Å². The van der Waals surface area contributed by atoms with Gasteiger partial charge >= 0.3 is 0 Å². The van der Waals surface area contributed by atoms with E-state index < -0.39 is 7.38 Å². The highest BCUT2D eigenvalue weighted by molar-refractivity contribution is 7.19. The maximum atomic E-state index is 6.36. The maximum Gasteiger partial charge on any atom is 0.150 e. The number of hydrogen-bond acceptors (Lipinski definition) is 0. The number of benzene rings is 2. The van der Waals surface area contributed by atoms with E-state index in [4.69, 9.17) is 11.1 Å². The van der Waals surface area contributed by atoms with E-state index in [1.165, 1.54) is 29.2 Å². The predicted octanol–water partition coefficient (Wildman–Crippen LogP) is 6.12. The van der Waals surface area contributed by atoms with Gasteiger partial charge in [0.15, 0.2) is 7.38 Å². The van der Waals surface area contributed by atoms with Crippen molar-refractivity contribution >= 4 is 24.0 Å². The molecule has 2 heteroatoms. The molecule has 0 aliphatic rings. The van der Waals surface area contributed by atoms with E-state index >= 15 is 0 Å². The van der Waals surface area contributed by atoms with Gasteiger partial charge in [0.05, 0.1) is 0 Å². The SMILES string of the molecule is C=C(c1ccccc1)c1ccc(CCC[Si](C)(C)Cl)cc1. The average Bonchev–Trinajstić information content (AvgIpc) is 2.47. The molecule has 0 bridgehead atoms. The van der Waals surface area contributed by atoms with Gasteiger partial charge in [0.25, 0.3) is 0 Å². The second-order valence-electron chi connectivity index (χ2n) is 6.11. The Morgan fingerprint density at radius 2 is 1.52 bits per heavy atom. The lowest BCUT2D eigenvalue weighted by Crippen LogP contribution is -2.15. The number of halogens is 1. The molecule has 0 atom stereocenters. The fourth-order valence-electron chi connectivity index (χ4n) is 2.39. The van der Waals surface area contributed by atoms with Gasteiger partial charge in [-0.1, -0.05) is 80.7 Å². The van der Waals surface area contributed by atoms with Gasteiger partial charge in [0, 0.05) is 0 Å². The van der Waals surface area contributed by atoms with Gasteiger partial charge in [-0.3, -0.25) is 0 Å². The first-order valence-corrected chi connectivity index (χ1v) is 11.7. The summed E-state index contributed by atoms with van der Waals surface area (Å²) in [6.45, 7) is 8.63. The molecule has 0 aliphatic heterocycles. The summed E-state index contributed by atoms with van der Waals surface area (Å²) in [6, 6.07) is 20.3. The van der Waals surface area contributed by atoms with Crippen LogP contribution in [-0.2, 0) is 6.42 Å². The summed E-state index contributed by atoms with van der Waals surface area (Å²) in [5.74, 6) is 0. The fraction of sp³-hybridized carbons (Fsp3) is 0.263. The Bertz CT molecular complexity index is 579. The second-order valence-corrected chi connectivity index (χ2v) is 13.1. The topological polar surface area (TPSA) is 0 Å². The Hall–Kier alpha value is -1.31. The highest BCUT2D eigenvalue weighted by Gasteiger charge is 2.15. The Balaban J connectivity index is 1.98. The van der Waals surface area contributed by atoms with Gasteiger partial charge in [-0.05, 0) is 34.7 Å². The van der Waals surface area contributed by atoms with E-state index in [2.05, 4.69) is 56.1 Å². The zero-order valence-corrected chi connectivity index (χ0v) is 14.7. The summed E-state index contributed by atoms with van der Waals surface area (Å²) < 4.78 is 0. The van der Waals surface area contributed by atoms with Crippen LogP contribution < -0.4 is 0 Å². The van der Waals surface area contributed by atoms with E-state index in [0.29, 0.717) is 0 Å². The van der Waals surface area contributed by atoms with Gasteiger partial charge in [0.2, 0.25) is 0 Å². The van der Waals surface area contributed by atoms with E-state index in [1.807, 2.05) is 18.2 Å². The monoisotopic (exact) mass is 314 g/mol. The quantitative estimate of drug-likeness (QED) is 0.445. The molecule has 2 aromatic carbocycles. The van der Waals surface area contributed by atoms with Crippen LogP contribution >= 0.6 is 11.1 Å². The smallest absolute Gasteiger partial charge is 0.150 e. The van der Waals surface area contributed by atoms with Crippen molar-refractivity contribution in [3.05, 3.63) is 77.9 Å². The number of rotatable bonds is 6. The molecule has 0 radical (unpaired) electrons. The standard InChI is InChI=1S/C19H23ClSi/c1-16(18-9-5-4-6-10-18)19-13-11-17(12-14-19)8-7-15-21(2,3)20/h4-6,9-14H,1,7-8,15H2,2-3H3. The minimum absolute atomic E-state index is 1.08. The van der Waals surface area contributed by atoms with Crippen molar-refractivity contribution in [1.29, 1.82) is 0 Å². The Morgan fingerprint density at radius 3 is 2.10 bits per heavy atom. The first-order chi connectivity index (χ1) is 9.96. The minimum Gasteiger partial charge on any atom is -0.168 e. The van der Waals surface area contributed by atoms with Crippen LogP contribution in [-0.4, -0.2) is 7.38 Å². The molecule has 2 rings (SSSR count). The molecule has 110 valence electrons. The molecular formula is C19H23ClSi. The predicted molar refractivity (Wildman–Crippen MR) is 97.5 cm³/mol. The molecule has 0 nitrogen and oxygen atoms in total. The zero-order valence-electron chi connectivity index (χ0n) is 12.9. The van der Waals surface area contributed by atoms with Crippen LogP contribution in [0.1, 0.15) is 23.1 Å². The van der Waals surface area contributed by atoms with Crippen molar-refractivity contribution in [2.45, 2.75) is 32.0 Å². The summed E-state index contributed by atoms with van der Waals surface area (Å²) in [5, 5.41) is 0. The summed E-state index contributed by atoms with van der Waals surface area (Å²) in [5.41, 5.74) is 4.84. The maximum absolute atomic E-state index is 6.36. The van der Waals surface area contributed by atoms with Crippen LogP contribution in [0.5, 0.6) is 0 Å². The molecule has 21 heavy (non-hydrogen) atoms. The third-order valence-corrected chi connectivity index (χ3v) is 5.77. The van der Waals surface area contributed by atoms with Crippen LogP contribution in [0.2, 0.25) is 19.1 Å². The zero-order chi connectivity index (χ0) is 15.3. The summed E-state index contributed by atoms with van der Waals surface area (Å²) in [7, 11) is -1.43. The molecule has 0 saturated heterocycles.